The van der Waals surface area contributed by atoms with E-state index in [4.69, 9.17) is 9.47 Å². The van der Waals surface area contributed by atoms with Gasteiger partial charge in [-0.05, 0) is 42.0 Å². The number of ether oxygens (including phenoxy) is 2. The third-order valence-electron chi connectivity index (χ3n) is 5.45. The molecule has 1 aliphatic heterocycles. The van der Waals surface area contributed by atoms with Gasteiger partial charge in [-0.2, -0.15) is 0 Å². The van der Waals surface area contributed by atoms with E-state index in [1.807, 2.05) is 0 Å². The van der Waals surface area contributed by atoms with Gasteiger partial charge in [-0.3, -0.25) is 14.6 Å². The molecule has 4 rings (SSSR count). The Kier molecular flexibility index (Phi) is 5.99. The number of likely N-dealkylation sites (tertiary alicyclic amines) is 1. The van der Waals surface area contributed by atoms with Crippen LogP contribution in [0.15, 0.2) is 72.4 Å². The minimum Gasteiger partial charge on any atom is -0.508 e. The predicted molar refractivity (Wildman–Crippen MR) is 120 cm³/mol. The van der Waals surface area contributed by atoms with E-state index in [-0.39, 0.29) is 34.9 Å². The topological polar surface area (TPSA) is 109 Å². The van der Waals surface area contributed by atoms with Crippen molar-refractivity contribution >= 4 is 17.4 Å². The van der Waals surface area contributed by atoms with E-state index < -0.39 is 23.5 Å². The molecule has 0 saturated carbocycles. The monoisotopic (exact) mass is 446 g/mol. The molecule has 1 aliphatic rings. The number of phenols is 1. The van der Waals surface area contributed by atoms with Gasteiger partial charge in [0, 0.05) is 6.20 Å². The number of carbonyl (C=O) groups excluding carboxylic acids is 2. The number of methoxy groups -OCH3 is 2. The number of Topliss-reactive ketones (excluding diaryl/α,β-unsaturated/α-hetero) is 1. The van der Waals surface area contributed by atoms with Gasteiger partial charge in [-0.15, -0.1) is 0 Å². The molecule has 2 heterocycles. The van der Waals surface area contributed by atoms with Gasteiger partial charge in [0.15, 0.2) is 0 Å². The van der Waals surface area contributed by atoms with Crippen molar-refractivity contribution in [3.63, 3.8) is 0 Å². The molecule has 2 N–H and O–H groups in total. The Morgan fingerprint density at radius 3 is 2.30 bits per heavy atom. The zero-order valence-electron chi connectivity index (χ0n) is 18.1. The minimum atomic E-state index is -0.964. The first-order valence-corrected chi connectivity index (χ1v) is 10.1. The number of aromatic hydroxyl groups is 1. The van der Waals surface area contributed by atoms with Crippen molar-refractivity contribution in [1.82, 2.24) is 9.88 Å². The van der Waals surface area contributed by atoms with Crippen LogP contribution in [-0.4, -0.2) is 46.0 Å². The van der Waals surface area contributed by atoms with Crippen LogP contribution >= 0.6 is 0 Å². The number of hydrogen-bond acceptors (Lipinski definition) is 7. The number of hydrogen-bond donors (Lipinski definition) is 2. The molecule has 3 aromatic rings. The number of pyridine rings is 1. The van der Waals surface area contributed by atoms with Crippen LogP contribution in [0.5, 0.6) is 17.2 Å². The van der Waals surface area contributed by atoms with E-state index >= 15 is 0 Å². The highest BCUT2D eigenvalue weighted by atomic mass is 16.5. The largest absolute Gasteiger partial charge is 0.508 e. The van der Waals surface area contributed by atoms with Gasteiger partial charge >= 0.3 is 0 Å². The lowest BCUT2D eigenvalue weighted by atomic mass is 9.94. The summed E-state index contributed by atoms with van der Waals surface area (Å²) in [4.78, 5) is 31.9. The first-order chi connectivity index (χ1) is 16.0. The molecule has 1 aromatic heterocycles. The van der Waals surface area contributed by atoms with Crippen molar-refractivity contribution in [1.29, 1.82) is 0 Å². The van der Waals surface area contributed by atoms with Gasteiger partial charge in [0.2, 0.25) is 0 Å². The van der Waals surface area contributed by atoms with Crippen molar-refractivity contribution < 1.29 is 29.3 Å². The summed E-state index contributed by atoms with van der Waals surface area (Å²) in [6, 6.07) is 15.4. The molecule has 1 unspecified atom stereocenters. The number of carbonyl (C=O) groups is 2. The van der Waals surface area contributed by atoms with Gasteiger partial charge in [-0.1, -0.05) is 24.3 Å². The minimum absolute atomic E-state index is 0.0333. The summed E-state index contributed by atoms with van der Waals surface area (Å²) < 4.78 is 10.8. The Morgan fingerprint density at radius 1 is 1.00 bits per heavy atom. The second kappa shape index (κ2) is 9.04. The zero-order valence-corrected chi connectivity index (χ0v) is 18.1. The molecule has 33 heavy (non-hydrogen) atoms. The number of phenolic OH excluding ortho intramolecular Hbond substituents is 1. The lowest BCUT2D eigenvalue weighted by Gasteiger charge is -2.25. The summed E-state index contributed by atoms with van der Waals surface area (Å²) in [6.45, 7) is 0.0333. The Bertz CT molecular complexity index is 1220. The molecular weight excluding hydrogens is 424 g/mol. The number of benzene rings is 2. The quantitative estimate of drug-likeness (QED) is 0.339. The van der Waals surface area contributed by atoms with Gasteiger partial charge < -0.3 is 24.6 Å². The number of aromatic nitrogens is 1. The molecular formula is C25H22N2O6. The first kappa shape index (κ1) is 21.9. The normalized spacial score (nSPS) is 17.3. The standard InChI is InChI=1S/C25H22N2O6/c1-32-18-10-6-11-19(33-2)20(18)23(29)21-22(15-7-5-9-17(28)13-15)27(25(31)24(21)30)14-16-8-3-4-12-26-16/h3-13,22,28-29H,14H2,1-2H3/b23-21+. The Hall–Kier alpha value is -4.33. The molecule has 168 valence electrons. The fourth-order valence-electron chi connectivity index (χ4n) is 3.97. The Labute approximate surface area is 190 Å². The Morgan fingerprint density at radius 2 is 1.70 bits per heavy atom. The number of amides is 1. The van der Waals surface area contributed by atoms with Crippen LogP contribution in [0.1, 0.15) is 22.9 Å². The molecule has 1 saturated heterocycles. The van der Waals surface area contributed by atoms with Crippen LogP contribution in [0.25, 0.3) is 5.76 Å². The average Bonchev–Trinajstić information content (AvgIpc) is 3.08. The molecule has 8 heteroatoms. The highest BCUT2D eigenvalue weighted by Crippen LogP contribution is 2.44. The third kappa shape index (κ3) is 3.98. The average molecular weight is 446 g/mol. The SMILES string of the molecule is COc1cccc(OC)c1/C(O)=C1\C(=O)C(=O)N(Cc2ccccn2)C1c1cccc(O)c1. The van der Waals surface area contributed by atoms with E-state index in [0.717, 1.165) is 0 Å². The van der Waals surface area contributed by atoms with Crippen LogP contribution in [0.4, 0.5) is 0 Å². The molecule has 2 aromatic carbocycles. The number of nitrogens with zero attached hydrogens (tertiary/aromatic N) is 2. The Balaban J connectivity index is 1.94. The number of rotatable bonds is 6. The van der Waals surface area contributed by atoms with Crippen LogP contribution in [0.3, 0.4) is 0 Å². The highest BCUT2D eigenvalue weighted by molar-refractivity contribution is 6.46. The summed E-state index contributed by atoms with van der Waals surface area (Å²) in [6.07, 6.45) is 1.59. The number of aliphatic hydroxyl groups is 1. The van der Waals surface area contributed by atoms with Gasteiger partial charge in [-0.25, -0.2) is 0 Å². The smallest absolute Gasteiger partial charge is 0.296 e. The second-order valence-electron chi connectivity index (χ2n) is 7.38. The van der Waals surface area contributed by atoms with Gasteiger partial charge in [0.1, 0.15) is 28.6 Å². The predicted octanol–water partition coefficient (Wildman–Crippen LogP) is 3.43. The maximum atomic E-state index is 13.2. The highest BCUT2D eigenvalue weighted by Gasteiger charge is 2.46. The molecule has 8 nitrogen and oxygen atoms in total. The zero-order chi connectivity index (χ0) is 23.5. The van der Waals surface area contributed by atoms with Crippen molar-refractivity contribution in [3.05, 3.63) is 89.3 Å². The molecule has 0 aliphatic carbocycles. The summed E-state index contributed by atoms with van der Waals surface area (Å²) in [5.74, 6) is -1.56. The van der Waals surface area contributed by atoms with E-state index in [9.17, 15) is 19.8 Å². The van der Waals surface area contributed by atoms with Gasteiger partial charge in [0.05, 0.1) is 38.1 Å². The van der Waals surface area contributed by atoms with E-state index in [1.54, 1.807) is 54.7 Å². The number of aliphatic hydroxyl groups excluding tert-OH is 1. The lowest BCUT2D eigenvalue weighted by molar-refractivity contribution is -0.140. The van der Waals surface area contributed by atoms with Crippen molar-refractivity contribution in [3.8, 4) is 17.2 Å². The van der Waals surface area contributed by atoms with E-state index in [0.29, 0.717) is 11.3 Å². The maximum Gasteiger partial charge on any atom is 0.296 e. The summed E-state index contributed by atoms with van der Waals surface area (Å²) in [7, 11) is 2.86. The van der Waals surface area contributed by atoms with E-state index in [1.165, 1.54) is 31.3 Å². The summed E-state index contributed by atoms with van der Waals surface area (Å²) >= 11 is 0. The fourth-order valence-corrected chi connectivity index (χ4v) is 3.97. The third-order valence-corrected chi connectivity index (χ3v) is 5.45. The second-order valence-corrected chi connectivity index (χ2v) is 7.38. The van der Waals surface area contributed by atoms with Gasteiger partial charge in [0.25, 0.3) is 11.7 Å². The van der Waals surface area contributed by atoms with Crippen LogP contribution in [0.2, 0.25) is 0 Å². The summed E-state index contributed by atoms with van der Waals surface area (Å²) in [5.41, 5.74) is 1.05. The van der Waals surface area contributed by atoms with E-state index in [2.05, 4.69) is 4.98 Å². The molecule has 0 bridgehead atoms. The summed E-state index contributed by atoms with van der Waals surface area (Å²) in [5, 5.41) is 21.4. The van der Waals surface area contributed by atoms with Crippen molar-refractivity contribution in [2.45, 2.75) is 12.6 Å². The van der Waals surface area contributed by atoms with Crippen molar-refractivity contribution in [2.24, 2.45) is 0 Å². The molecule has 1 atom stereocenters. The lowest BCUT2D eigenvalue weighted by Crippen LogP contribution is -2.29. The molecule has 0 spiro atoms. The molecule has 0 radical (unpaired) electrons. The maximum absolute atomic E-state index is 13.2. The molecule has 1 amide bonds. The molecule has 1 fully saturated rings. The van der Waals surface area contributed by atoms with Crippen molar-refractivity contribution in [2.75, 3.05) is 14.2 Å². The van der Waals surface area contributed by atoms with Crippen LogP contribution < -0.4 is 9.47 Å². The first-order valence-electron chi connectivity index (χ1n) is 10.1. The fraction of sp³-hybridized carbons (Fsp3) is 0.160. The van der Waals surface area contributed by atoms with Crippen LogP contribution in [0, 0.1) is 0 Å². The van der Waals surface area contributed by atoms with Crippen LogP contribution in [-0.2, 0) is 16.1 Å². The number of ketones is 1.